The van der Waals surface area contributed by atoms with Crippen molar-refractivity contribution in [2.75, 3.05) is 13.7 Å². The van der Waals surface area contributed by atoms with Crippen molar-refractivity contribution in [2.45, 2.75) is 19.4 Å². The quantitative estimate of drug-likeness (QED) is 0.504. The van der Waals surface area contributed by atoms with E-state index in [1.165, 1.54) is 23.3 Å². The zero-order valence-electron chi connectivity index (χ0n) is 14.1. The lowest BCUT2D eigenvalue weighted by molar-refractivity contribution is -0.139. The first-order valence-electron chi connectivity index (χ1n) is 8.05. The molecule has 1 saturated heterocycles. The van der Waals surface area contributed by atoms with E-state index in [1.54, 1.807) is 24.3 Å². The molecular weight excluding hydrogens is 338 g/mol. The molecule has 1 aliphatic rings. The summed E-state index contributed by atoms with van der Waals surface area (Å²) >= 11 is 1.46. The van der Waals surface area contributed by atoms with Gasteiger partial charge in [-0.25, -0.2) is 0 Å². The van der Waals surface area contributed by atoms with Gasteiger partial charge in [-0.2, -0.15) is 0 Å². The van der Waals surface area contributed by atoms with Gasteiger partial charge < -0.3 is 14.7 Å². The molecule has 1 atom stereocenters. The number of hydrogen-bond donors (Lipinski definition) is 1. The lowest BCUT2D eigenvalue weighted by atomic mass is 9.99. The fourth-order valence-electron chi connectivity index (χ4n) is 3.08. The Bertz CT molecular complexity index is 826. The van der Waals surface area contributed by atoms with Crippen LogP contribution in [0.4, 0.5) is 0 Å². The second-order valence-electron chi connectivity index (χ2n) is 5.71. The summed E-state index contributed by atoms with van der Waals surface area (Å²) in [4.78, 5) is 27.6. The minimum atomic E-state index is -0.657. The Kier molecular flexibility index (Phi) is 4.90. The molecule has 2 aromatic rings. The first-order chi connectivity index (χ1) is 12.1. The van der Waals surface area contributed by atoms with Gasteiger partial charge in [0.15, 0.2) is 0 Å². The third-order valence-electron chi connectivity index (χ3n) is 4.18. The van der Waals surface area contributed by atoms with Crippen LogP contribution in [0.5, 0.6) is 5.75 Å². The molecule has 3 rings (SSSR count). The molecule has 0 aliphatic carbocycles. The van der Waals surface area contributed by atoms with Gasteiger partial charge in [0.05, 0.1) is 24.3 Å². The van der Waals surface area contributed by atoms with Gasteiger partial charge in [-0.3, -0.25) is 9.59 Å². The second-order valence-corrected chi connectivity index (χ2v) is 6.69. The highest BCUT2D eigenvalue weighted by Gasteiger charge is 2.46. The maximum Gasteiger partial charge on any atom is 0.295 e. The van der Waals surface area contributed by atoms with E-state index in [9.17, 15) is 14.7 Å². The molecule has 1 aromatic carbocycles. The standard InChI is InChI=1S/C19H19NO4S/c1-3-10-20-16(14-9-6-11-25-14)15(18(22)19(20)23)17(21)12-7-4-5-8-13(12)24-2/h4-9,11,16,21H,3,10H2,1-2H3/b17-15-. The van der Waals surface area contributed by atoms with Crippen LogP contribution in [0.3, 0.4) is 0 Å². The molecular formula is C19H19NO4S. The van der Waals surface area contributed by atoms with Crippen LogP contribution in [0, 0.1) is 0 Å². The maximum atomic E-state index is 12.7. The van der Waals surface area contributed by atoms with Crippen LogP contribution >= 0.6 is 11.3 Å². The molecule has 0 saturated carbocycles. The van der Waals surface area contributed by atoms with Crippen molar-refractivity contribution < 1.29 is 19.4 Å². The fraction of sp³-hybridized carbons (Fsp3) is 0.263. The molecule has 1 aromatic heterocycles. The predicted molar refractivity (Wildman–Crippen MR) is 96.6 cm³/mol. The van der Waals surface area contributed by atoms with Crippen molar-refractivity contribution in [1.29, 1.82) is 0 Å². The van der Waals surface area contributed by atoms with E-state index in [4.69, 9.17) is 4.74 Å². The SMILES string of the molecule is CCCN1C(=O)C(=O)/C(=C(\O)c2ccccc2OC)C1c1cccs1. The number of methoxy groups -OCH3 is 1. The number of carbonyl (C=O) groups excluding carboxylic acids is 2. The zero-order valence-corrected chi connectivity index (χ0v) is 14.9. The van der Waals surface area contributed by atoms with Crippen molar-refractivity contribution in [3.8, 4) is 5.75 Å². The molecule has 25 heavy (non-hydrogen) atoms. The monoisotopic (exact) mass is 357 g/mol. The van der Waals surface area contributed by atoms with Crippen LogP contribution in [-0.4, -0.2) is 35.4 Å². The summed E-state index contributed by atoms with van der Waals surface area (Å²) in [6.45, 7) is 2.40. The molecule has 0 spiro atoms. The number of Topliss-reactive ketones (excluding diaryl/α,β-unsaturated/α-hetero) is 1. The summed E-state index contributed by atoms with van der Waals surface area (Å²) in [6, 6.07) is 10.1. The van der Waals surface area contributed by atoms with Crippen LogP contribution in [0.25, 0.3) is 5.76 Å². The van der Waals surface area contributed by atoms with Crippen molar-refractivity contribution in [3.05, 3.63) is 57.8 Å². The van der Waals surface area contributed by atoms with Gasteiger partial charge in [-0.05, 0) is 30.0 Å². The normalized spacial score (nSPS) is 19.4. The van der Waals surface area contributed by atoms with Crippen LogP contribution in [0.1, 0.15) is 29.8 Å². The third-order valence-corrected chi connectivity index (χ3v) is 5.10. The van der Waals surface area contributed by atoms with Crippen LogP contribution in [0.15, 0.2) is 47.4 Å². The number of aliphatic hydroxyl groups is 1. The first kappa shape index (κ1) is 17.2. The maximum absolute atomic E-state index is 12.7. The number of likely N-dealkylation sites (tertiary alicyclic amines) is 1. The molecule has 1 N–H and O–H groups in total. The summed E-state index contributed by atoms with van der Waals surface area (Å²) in [5.74, 6) is -0.980. The minimum Gasteiger partial charge on any atom is -0.507 e. The second kappa shape index (κ2) is 7.11. The molecule has 2 heterocycles. The average Bonchev–Trinajstić information content (AvgIpc) is 3.24. The minimum absolute atomic E-state index is 0.116. The van der Waals surface area contributed by atoms with Gasteiger partial charge in [-0.15, -0.1) is 11.3 Å². The molecule has 1 amide bonds. The topological polar surface area (TPSA) is 66.8 Å². The number of ketones is 1. The number of thiophene rings is 1. The Morgan fingerprint density at radius 3 is 2.64 bits per heavy atom. The van der Waals surface area contributed by atoms with Crippen molar-refractivity contribution in [2.24, 2.45) is 0 Å². The molecule has 1 unspecified atom stereocenters. The van der Waals surface area contributed by atoms with Gasteiger partial charge >= 0.3 is 0 Å². The van der Waals surface area contributed by atoms with E-state index < -0.39 is 17.7 Å². The Hall–Kier alpha value is -2.60. The van der Waals surface area contributed by atoms with Crippen molar-refractivity contribution in [1.82, 2.24) is 4.90 Å². The van der Waals surface area contributed by atoms with Gasteiger partial charge in [0.1, 0.15) is 11.5 Å². The van der Waals surface area contributed by atoms with Gasteiger partial charge in [0, 0.05) is 11.4 Å². The highest BCUT2D eigenvalue weighted by atomic mass is 32.1. The number of hydrogen-bond acceptors (Lipinski definition) is 5. The Morgan fingerprint density at radius 2 is 2.00 bits per heavy atom. The lowest BCUT2D eigenvalue weighted by Crippen LogP contribution is -2.30. The number of amides is 1. The number of carbonyl (C=O) groups is 2. The fourth-order valence-corrected chi connectivity index (χ4v) is 3.92. The largest absolute Gasteiger partial charge is 0.507 e. The third kappa shape index (κ3) is 2.93. The van der Waals surface area contributed by atoms with E-state index in [2.05, 4.69) is 0 Å². The van der Waals surface area contributed by atoms with Crippen LogP contribution < -0.4 is 4.74 Å². The lowest BCUT2D eigenvalue weighted by Gasteiger charge is -2.23. The highest BCUT2D eigenvalue weighted by Crippen LogP contribution is 2.42. The number of para-hydroxylation sites is 1. The van der Waals surface area contributed by atoms with Crippen molar-refractivity contribution in [3.63, 3.8) is 0 Å². The van der Waals surface area contributed by atoms with Gasteiger partial charge in [0.25, 0.3) is 11.7 Å². The van der Waals surface area contributed by atoms with E-state index in [0.29, 0.717) is 17.9 Å². The van der Waals surface area contributed by atoms with E-state index in [-0.39, 0.29) is 11.3 Å². The summed E-state index contributed by atoms with van der Waals surface area (Å²) in [6.07, 6.45) is 0.726. The Morgan fingerprint density at radius 1 is 1.24 bits per heavy atom. The number of aliphatic hydroxyl groups excluding tert-OH is 1. The highest BCUT2D eigenvalue weighted by molar-refractivity contribution is 7.10. The summed E-state index contributed by atoms with van der Waals surface area (Å²) in [7, 11) is 1.50. The Labute approximate surface area is 150 Å². The molecule has 0 bridgehead atoms. The predicted octanol–water partition coefficient (Wildman–Crippen LogP) is 3.59. The molecule has 130 valence electrons. The summed E-state index contributed by atoms with van der Waals surface area (Å²) < 4.78 is 5.29. The number of rotatable bonds is 5. The van der Waals surface area contributed by atoms with E-state index in [0.717, 1.165) is 11.3 Å². The average molecular weight is 357 g/mol. The summed E-state index contributed by atoms with van der Waals surface area (Å²) in [5.41, 5.74) is 0.520. The summed E-state index contributed by atoms with van der Waals surface area (Å²) in [5, 5.41) is 12.8. The Balaban J connectivity index is 2.20. The number of nitrogens with zero attached hydrogens (tertiary/aromatic N) is 1. The van der Waals surface area contributed by atoms with Crippen LogP contribution in [-0.2, 0) is 9.59 Å². The van der Waals surface area contributed by atoms with Crippen LogP contribution in [0.2, 0.25) is 0 Å². The van der Waals surface area contributed by atoms with Gasteiger partial charge in [-0.1, -0.05) is 25.1 Å². The van der Waals surface area contributed by atoms with Crippen molar-refractivity contribution >= 4 is 28.8 Å². The molecule has 1 aliphatic heterocycles. The molecule has 6 heteroatoms. The smallest absolute Gasteiger partial charge is 0.295 e. The zero-order chi connectivity index (χ0) is 18.0. The van der Waals surface area contributed by atoms with Gasteiger partial charge in [0.2, 0.25) is 0 Å². The molecule has 1 fully saturated rings. The van der Waals surface area contributed by atoms with E-state index >= 15 is 0 Å². The van der Waals surface area contributed by atoms with E-state index in [1.807, 2.05) is 24.4 Å². The molecule has 5 nitrogen and oxygen atoms in total. The number of benzene rings is 1. The number of ether oxygens (including phenoxy) is 1. The first-order valence-corrected chi connectivity index (χ1v) is 8.93. The molecule has 0 radical (unpaired) electrons.